The number of nitrogens with zero attached hydrogens (tertiary/aromatic N) is 3. The van der Waals surface area contributed by atoms with Crippen LogP contribution in [-0.4, -0.2) is 102 Å². The highest BCUT2D eigenvalue weighted by atomic mass is 32.2. The lowest BCUT2D eigenvalue weighted by atomic mass is 9.91. The van der Waals surface area contributed by atoms with Crippen LogP contribution in [0.4, 0.5) is 13.6 Å². The van der Waals surface area contributed by atoms with Gasteiger partial charge in [0, 0.05) is 12.0 Å². The summed E-state index contributed by atoms with van der Waals surface area (Å²) in [5, 5.41) is 5.01. The van der Waals surface area contributed by atoms with Crippen molar-refractivity contribution in [3.05, 3.63) is 23.9 Å². The highest BCUT2D eigenvalue weighted by molar-refractivity contribution is 7.91. The minimum absolute atomic E-state index is 0.112. The standard InChI is InChI=1S/C37H46F2N6O9S/c1-36(12-13-36)55(50,51)44-34(48)37(16-22(37)31(38)39)43-32(47)30-29(19-8-9-19)27-18-45(30)28(46)17-40-35(49)54-26-14-20(26)6-4-3-5-7-24-33(53-27)42-25-15-21(52-2)10-11-23(25)41-24/h10-11,15,19-20,22,26-27,29-31H,3-9,12-14,16-18H2,1-2H3,(H,40,49)(H,43,47)(H,44,48)/t20-,22+,26-,27?,29-,30+,37-/m1/s1. The second-order valence-electron chi connectivity index (χ2n) is 16.3. The number of alkyl halides is 2. The summed E-state index contributed by atoms with van der Waals surface area (Å²) in [6, 6.07) is 4.02. The molecule has 1 unspecified atom stereocenters. The summed E-state index contributed by atoms with van der Waals surface area (Å²) in [4.78, 5) is 65.8. The lowest BCUT2D eigenvalue weighted by molar-refractivity contribution is -0.140. The number of amides is 4. The molecular formula is C37H46F2N6O9S. The van der Waals surface area contributed by atoms with Crippen LogP contribution in [0, 0.1) is 23.7 Å². The second-order valence-corrected chi connectivity index (χ2v) is 18.5. The lowest BCUT2D eigenvalue weighted by Gasteiger charge is -2.30. The molecule has 8 rings (SSSR count). The zero-order chi connectivity index (χ0) is 38.9. The van der Waals surface area contributed by atoms with Gasteiger partial charge in [0.1, 0.15) is 41.8 Å². The summed E-state index contributed by atoms with van der Waals surface area (Å²) in [5.41, 5.74) is -0.451. The van der Waals surface area contributed by atoms with Crippen molar-refractivity contribution in [1.29, 1.82) is 0 Å². The van der Waals surface area contributed by atoms with E-state index in [1.807, 2.05) is 10.8 Å². The van der Waals surface area contributed by atoms with Gasteiger partial charge >= 0.3 is 6.09 Å². The Hall–Kier alpha value is -4.35. The van der Waals surface area contributed by atoms with Crippen molar-refractivity contribution < 1.29 is 50.6 Å². The van der Waals surface area contributed by atoms with E-state index >= 15 is 0 Å². The first-order valence-corrected chi connectivity index (χ1v) is 20.6. The summed E-state index contributed by atoms with van der Waals surface area (Å²) < 4.78 is 72.9. The molecule has 55 heavy (non-hydrogen) atoms. The minimum atomic E-state index is -4.22. The van der Waals surface area contributed by atoms with Crippen LogP contribution in [0.3, 0.4) is 0 Å². The number of benzene rings is 1. The van der Waals surface area contributed by atoms with Crippen LogP contribution in [-0.2, 0) is 35.6 Å². The molecule has 298 valence electrons. The lowest BCUT2D eigenvalue weighted by Crippen LogP contribution is -2.59. The number of fused-ring (bicyclic) bond motifs is 5. The van der Waals surface area contributed by atoms with E-state index in [1.54, 1.807) is 19.2 Å². The van der Waals surface area contributed by atoms with Gasteiger partial charge in [-0.1, -0.05) is 12.8 Å². The molecule has 4 amide bonds. The van der Waals surface area contributed by atoms with Gasteiger partial charge in [0.25, 0.3) is 5.91 Å². The van der Waals surface area contributed by atoms with Crippen molar-refractivity contribution in [2.45, 2.75) is 113 Å². The van der Waals surface area contributed by atoms with E-state index < -0.39 is 87.5 Å². The maximum absolute atomic E-state index is 14.5. The average molecular weight is 789 g/mol. The summed E-state index contributed by atoms with van der Waals surface area (Å²) in [5.74, 6) is -4.17. The Morgan fingerprint density at radius 2 is 1.82 bits per heavy atom. The highest BCUT2D eigenvalue weighted by Gasteiger charge is 2.68. The van der Waals surface area contributed by atoms with Crippen molar-refractivity contribution in [2.24, 2.45) is 23.7 Å². The molecule has 18 heteroatoms. The van der Waals surface area contributed by atoms with Crippen molar-refractivity contribution in [3.63, 3.8) is 0 Å². The van der Waals surface area contributed by atoms with E-state index in [9.17, 15) is 36.4 Å². The maximum Gasteiger partial charge on any atom is 0.407 e. The van der Waals surface area contributed by atoms with E-state index in [0.717, 1.165) is 32.1 Å². The zero-order valence-electron chi connectivity index (χ0n) is 30.7. The number of carbonyl (C=O) groups is 4. The first kappa shape index (κ1) is 37.6. The Balaban J connectivity index is 1.13. The van der Waals surface area contributed by atoms with Crippen molar-refractivity contribution in [3.8, 4) is 11.6 Å². The van der Waals surface area contributed by atoms with E-state index in [1.165, 1.54) is 11.8 Å². The predicted octanol–water partition coefficient (Wildman–Crippen LogP) is 2.99. The van der Waals surface area contributed by atoms with Gasteiger partial charge in [-0.15, -0.1) is 0 Å². The largest absolute Gasteiger partial charge is 0.497 e. The Morgan fingerprint density at radius 1 is 1.04 bits per heavy atom. The third kappa shape index (κ3) is 7.37. The fourth-order valence-corrected chi connectivity index (χ4v) is 9.57. The van der Waals surface area contributed by atoms with Gasteiger partial charge in [-0.2, -0.15) is 0 Å². The van der Waals surface area contributed by atoms with E-state index in [0.29, 0.717) is 54.6 Å². The molecule has 7 atom stereocenters. The van der Waals surface area contributed by atoms with Crippen molar-refractivity contribution >= 4 is 44.9 Å². The van der Waals surface area contributed by atoms with Gasteiger partial charge in [0.05, 0.1) is 35.4 Å². The number of ether oxygens (including phenoxy) is 3. The number of nitrogens with one attached hydrogen (secondary N) is 3. The number of halogens is 2. The van der Waals surface area contributed by atoms with Gasteiger partial charge in [-0.25, -0.2) is 32.0 Å². The zero-order valence-corrected chi connectivity index (χ0v) is 31.5. The Kier molecular flexibility index (Phi) is 9.56. The number of carbonyl (C=O) groups excluding carboxylic acids is 4. The third-order valence-corrected chi connectivity index (χ3v) is 14.5. The van der Waals surface area contributed by atoms with Gasteiger partial charge in [0.2, 0.25) is 34.1 Å². The monoisotopic (exact) mass is 788 g/mol. The molecule has 0 radical (unpaired) electrons. The van der Waals surface area contributed by atoms with E-state index in [-0.39, 0.29) is 30.4 Å². The molecule has 4 saturated carbocycles. The molecule has 1 aromatic heterocycles. The molecule has 1 saturated heterocycles. The molecule has 1 aromatic carbocycles. The van der Waals surface area contributed by atoms with E-state index in [2.05, 4.69) is 10.6 Å². The van der Waals surface area contributed by atoms with Crippen LogP contribution < -0.4 is 24.8 Å². The molecule has 6 aliphatic rings. The highest BCUT2D eigenvalue weighted by Crippen LogP contribution is 2.51. The number of aromatic nitrogens is 2. The summed E-state index contributed by atoms with van der Waals surface area (Å²) in [7, 11) is -2.68. The number of alkyl carbamates (subject to hydrolysis) is 1. The molecule has 2 bridgehead atoms. The second kappa shape index (κ2) is 14.0. The predicted molar refractivity (Wildman–Crippen MR) is 190 cm³/mol. The maximum atomic E-state index is 14.5. The third-order valence-electron chi connectivity index (χ3n) is 12.3. The van der Waals surface area contributed by atoms with Crippen LogP contribution in [0.2, 0.25) is 0 Å². The number of hydrogen-bond acceptors (Lipinski definition) is 11. The fourth-order valence-electron chi connectivity index (χ4n) is 8.25. The number of sulfonamides is 1. The van der Waals surface area contributed by atoms with Crippen LogP contribution in [0.1, 0.15) is 76.8 Å². The Labute approximate surface area is 317 Å². The van der Waals surface area contributed by atoms with Gasteiger partial charge in [0.15, 0.2) is 0 Å². The molecule has 2 aromatic rings. The van der Waals surface area contributed by atoms with Gasteiger partial charge in [-0.05, 0) is 88.7 Å². The molecule has 0 spiro atoms. The number of rotatable bonds is 8. The smallest absolute Gasteiger partial charge is 0.407 e. The van der Waals surface area contributed by atoms with Gasteiger partial charge in [-0.3, -0.25) is 19.1 Å². The minimum Gasteiger partial charge on any atom is -0.497 e. The average Bonchev–Trinajstić information content (AvgIpc) is 3.94. The van der Waals surface area contributed by atoms with Crippen LogP contribution in [0.15, 0.2) is 18.2 Å². The normalized spacial score (nSPS) is 31.8. The quantitative estimate of drug-likeness (QED) is 0.356. The fraction of sp³-hybridized carbons (Fsp3) is 0.676. The first-order chi connectivity index (χ1) is 26.2. The molecule has 2 aliphatic heterocycles. The van der Waals surface area contributed by atoms with E-state index in [4.69, 9.17) is 24.2 Å². The summed E-state index contributed by atoms with van der Waals surface area (Å²) >= 11 is 0. The molecule has 15 nitrogen and oxygen atoms in total. The number of methoxy groups -OCH3 is 1. The molecule has 4 aliphatic carbocycles. The molecular weight excluding hydrogens is 743 g/mol. The summed E-state index contributed by atoms with van der Waals surface area (Å²) in [6.07, 6.45) is 1.39. The first-order valence-electron chi connectivity index (χ1n) is 19.1. The molecule has 3 N–H and O–H groups in total. The number of aryl methyl sites for hydroxylation is 1. The summed E-state index contributed by atoms with van der Waals surface area (Å²) in [6.45, 7) is 0.810. The van der Waals surface area contributed by atoms with Crippen molar-refractivity contribution in [1.82, 2.24) is 30.2 Å². The molecule has 5 fully saturated rings. The SMILES string of the molecule is COc1ccc2nc3c(nc2c1)OC1CN(C(=O)CNC(=O)O[C@@H]2C[C@H]2CCCCC3)[C@H](C(=O)N[C@]2(C(=O)NS(=O)(=O)C3(C)CC3)C[C@H]2C(F)F)[C@@H]1C1CC1. The Morgan fingerprint density at radius 3 is 2.51 bits per heavy atom. The molecule has 3 heterocycles. The topological polar surface area (TPSA) is 195 Å². The number of hydrogen-bond donors (Lipinski definition) is 3. The van der Waals surface area contributed by atoms with Crippen molar-refractivity contribution in [2.75, 3.05) is 20.2 Å². The van der Waals surface area contributed by atoms with Crippen LogP contribution in [0.25, 0.3) is 11.0 Å². The Bertz CT molecular complexity index is 2010. The van der Waals surface area contributed by atoms with Crippen LogP contribution >= 0.6 is 0 Å². The van der Waals surface area contributed by atoms with Crippen LogP contribution in [0.5, 0.6) is 11.6 Å². The van der Waals surface area contributed by atoms with Gasteiger partial charge < -0.3 is 29.7 Å².